The lowest BCUT2D eigenvalue weighted by Gasteiger charge is -2.14. The molecular weight excluding hydrogens is 168 g/mol. The number of aromatic nitrogens is 1. The summed E-state index contributed by atoms with van der Waals surface area (Å²) in [5.41, 5.74) is 0.374. The lowest BCUT2D eigenvalue weighted by molar-refractivity contribution is 0.0787. The van der Waals surface area contributed by atoms with Crippen LogP contribution in [0.15, 0.2) is 17.1 Å². The van der Waals surface area contributed by atoms with Crippen molar-refractivity contribution < 1.29 is 9.21 Å². The van der Waals surface area contributed by atoms with Crippen LogP contribution in [0.3, 0.4) is 0 Å². The lowest BCUT2D eigenvalue weighted by Crippen LogP contribution is -2.27. The molecule has 1 aromatic heterocycles. The number of carbonyl (C=O) groups is 1. The minimum atomic E-state index is -0.0813. The van der Waals surface area contributed by atoms with E-state index in [0.717, 1.165) is 19.4 Å². The van der Waals surface area contributed by atoms with Gasteiger partial charge in [-0.1, -0.05) is 13.3 Å². The van der Waals surface area contributed by atoms with E-state index in [9.17, 15) is 4.79 Å². The first-order chi connectivity index (χ1) is 6.25. The standard InChI is InChI=1S/C9H14N2O2/c1-3-4-5-11(2)9(12)8-6-13-7-10-8/h6-7H,3-5H2,1-2H3. The summed E-state index contributed by atoms with van der Waals surface area (Å²) in [6.07, 6.45) is 4.72. The molecule has 0 aliphatic carbocycles. The van der Waals surface area contributed by atoms with Crippen LogP contribution in [0, 0.1) is 0 Å². The van der Waals surface area contributed by atoms with Crippen molar-refractivity contribution in [2.75, 3.05) is 13.6 Å². The molecule has 1 amide bonds. The normalized spacial score (nSPS) is 10.0. The van der Waals surface area contributed by atoms with Gasteiger partial charge in [0.25, 0.3) is 5.91 Å². The number of oxazole rings is 1. The van der Waals surface area contributed by atoms with Gasteiger partial charge in [-0.25, -0.2) is 4.98 Å². The van der Waals surface area contributed by atoms with Gasteiger partial charge in [-0.05, 0) is 6.42 Å². The number of carbonyl (C=O) groups excluding carboxylic acids is 1. The molecule has 0 radical (unpaired) electrons. The van der Waals surface area contributed by atoms with Crippen molar-refractivity contribution in [3.05, 3.63) is 18.4 Å². The Labute approximate surface area is 77.6 Å². The molecule has 0 N–H and O–H groups in total. The SMILES string of the molecule is CCCCN(C)C(=O)c1cocn1. The maximum atomic E-state index is 11.5. The van der Waals surface area contributed by atoms with Crippen LogP contribution >= 0.6 is 0 Å². The van der Waals surface area contributed by atoms with E-state index in [1.807, 2.05) is 0 Å². The van der Waals surface area contributed by atoms with E-state index in [0.29, 0.717) is 5.69 Å². The summed E-state index contributed by atoms with van der Waals surface area (Å²) in [7, 11) is 1.77. The fourth-order valence-corrected chi connectivity index (χ4v) is 1.01. The molecule has 4 heteroatoms. The molecule has 72 valence electrons. The predicted octanol–water partition coefficient (Wildman–Crippen LogP) is 1.55. The molecule has 13 heavy (non-hydrogen) atoms. The molecule has 1 aromatic rings. The molecule has 1 heterocycles. The van der Waals surface area contributed by atoms with Crippen LogP contribution in [-0.4, -0.2) is 29.4 Å². The molecule has 0 aliphatic rings. The van der Waals surface area contributed by atoms with Crippen LogP contribution in [0.2, 0.25) is 0 Å². The zero-order chi connectivity index (χ0) is 9.68. The summed E-state index contributed by atoms with van der Waals surface area (Å²) in [5.74, 6) is -0.0813. The number of hydrogen-bond acceptors (Lipinski definition) is 3. The van der Waals surface area contributed by atoms with Crippen molar-refractivity contribution >= 4 is 5.91 Å². The molecule has 0 atom stereocenters. The first-order valence-corrected chi connectivity index (χ1v) is 4.39. The van der Waals surface area contributed by atoms with Gasteiger partial charge in [0.2, 0.25) is 0 Å². The second kappa shape index (κ2) is 4.64. The van der Waals surface area contributed by atoms with Gasteiger partial charge in [-0.3, -0.25) is 4.79 Å². The molecule has 0 spiro atoms. The second-order valence-corrected chi connectivity index (χ2v) is 2.95. The molecule has 0 aliphatic heterocycles. The predicted molar refractivity (Wildman–Crippen MR) is 48.4 cm³/mol. The lowest BCUT2D eigenvalue weighted by atomic mass is 10.3. The van der Waals surface area contributed by atoms with Gasteiger partial charge < -0.3 is 9.32 Å². The highest BCUT2D eigenvalue weighted by Crippen LogP contribution is 2.01. The summed E-state index contributed by atoms with van der Waals surface area (Å²) in [6, 6.07) is 0. The van der Waals surface area contributed by atoms with Crippen LogP contribution in [0.25, 0.3) is 0 Å². The Morgan fingerprint density at radius 1 is 1.69 bits per heavy atom. The Kier molecular flexibility index (Phi) is 3.49. The fraction of sp³-hybridized carbons (Fsp3) is 0.556. The molecule has 0 aromatic carbocycles. The number of nitrogens with zero attached hydrogens (tertiary/aromatic N) is 2. The van der Waals surface area contributed by atoms with Gasteiger partial charge in [-0.2, -0.15) is 0 Å². The monoisotopic (exact) mass is 182 g/mol. The Hall–Kier alpha value is -1.32. The first kappa shape index (κ1) is 9.77. The maximum absolute atomic E-state index is 11.5. The Morgan fingerprint density at radius 2 is 2.46 bits per heavy atom. The molecule has 0 saturated carbocycles. The summed E-state index contributed by atoms with van der Waals surface area (Å²) in [5, 5.41) is 0. The first-order valence-electron chi connectivity index (χ1n) is 4.39. The van der Waals surface area contributed by atoms with E-state index >= 15 is 0 Å². The van der Waals surface area contributed by atoms with Gasteiger partial charge in [0.15, 0.2) is 12.1 Å². The smallest absolute Gasteiger partial charge is 0.275 e. The zero-order valence-electron chi connectivity index (χ0n) is 7.99. The number of amides is 1. The Balaban J connectivity index is 2.48. The van der Waals surface area contributed by atoms with E-state index < -0.39 is 0 Å². The van der Waals surface area contributed by atoms with Crippen LogP contribution < -0.4 is 0 Å². The highest BCUT2D eigenvalue weighted by molar-refractivity contribution is 5.91. The molecule has 0 saturated heterocycles. The number of hydrogen-bond donors (Lipinski definition) is 0. The van der Waals surface area contributed by atoms with Crippen LogP contribution in [0.5, 0.6) is 0 Å². The summed E-state index contributed by atoms with van der Waals surface area (Å²) in [4.78, 5) is 17.0. The summed E-state index contributed by atoms with van der Waals surface area (Å²) >= 11 is 0. The van der Waals surface area contributed by atoms with Crippen molar-refractivity contribution in [2.24, 2.45) is 0 Å². The fourth-order valence-electron chi connectivity index (χ4n) is 1.01. The van der Waals surface area contributed by atoms with Gasteiger partial charge in [0.1, 0.15) is 6.26 Å². The quantitative estimate of drug-likeness (QED) is 0.709. The maximum Gasteiger partial charge on any atom is 0.275 e. The number of unbranched alkanes of at least 4 members (excludes halogenated alkanes) is 1. The number of rotatable bonds is 4. The zero-order valence-corrected chi connectivity index (χ0v) is 7.99. The van der Waals surface area contributed by atoms with Gasteiger partial charge in [0, 0.05) is 13.6 Å². The molecular formula is C9H14N2O2. The minimum absolute atomic E-state index is 0.0813. The molecule has 0 fully saturated rings. The van der Waals surface area contributed by atoms with Crippen molar-refractivity contribution in [1.29, 1.82) is 0 Å². The average Bonchev–Trinajstić information content (AvgIpc) is 2.65. The average molecular weight is 182 g/mol. The molecule has 0 unspecified atom stereocenters. The highest BCUT2D eigenvalue weighted by Gasteiger charge is 2.12. The van der Waals surface area contributed by atoms with Crippen molar-refractivity contribution in [1.82, 2.24) is 9.88 Å². The summed E-state index contributed by atoms with van der Waals surface area (Å²) in [6.45, 7) is 2.86. The highest BCUT2D eigenvalue weighted by atomic mass is 16.3. The van der Waals surface area contributed by atoms with E-state index in [1.54, 1.807) is 11.9 Å². The third-order valence-electron chi connectivity index (χ3n) is 1.85. The van der Waals surface area contributed by atoms with Crippen LogP contribution in [0.1, 0.15) is 30.3 Å². The largest absolute Gasteiger partial charge is 0.451 e. The van der Waals surface area contributed by atoms with Gasteiger partial charge in [-0.15, -0.1) is 0 Å². The Bertz CT molecular complexity index is 257. The van der Waals surface area contributed by atoms with Gasteiger partial charge in [0.05, 0.1) is 0 Å². The minimum Gasteiger partial charge on any atom is -0.451 e. The summed E-state index contributed by atoms with van der Waals surface area (Å²) < 4.78 is 4.73. The second-order valence-electron chi connectivity index (χ2n) is 2.95. The van der Waals surface area contributed by atoms with E-state index in [4.69, 9.17) is 4.42 Å². The van der Waals surface area contributed by atoms with Gasteiger partial charge >= 0.3 is 0 Å². The van der Waals surface area contributed by atoms with E-state index in [1.165, 1.54) is 12.7 Å². The third kappa shape index (κ3) is 2.57. The van der Waals surface area contributed by atoms with Crippen molar-refractivity contribution in [2.45, 2.75) is 19.8 Å². The molecule has 1 rings (SSSR count). The Morgan fingerprint density at radius 3 is 3.00 bits per heavy atom. The topological polar surface area (TPSA) is 46.3 Å². The van der Waals surface area contributed by atoms with Crippen LogP contribution in [-0.2, 0) is 0 Å². The van der Waals surface area contributed by atoms with E-state index in [-0.39, 0.29) is 5.91 Å². The molecule has 4 nitrogen and oxygen atoms in total. The van der Waals surface area contributed by atoms with Crippen LogP contribution in [0.4, 0.5) is 0 Å². The third-order valence-corrected chi connectivity index (χ3v) is 1.85. The van der Waals surface area contributed by atoms with Crippen molar-refractivity contribution in [3.8, 4) is 0 Å². The van der Waals surface area contributed by atoms with E-state index in [2.05, 4.69) is 11.9 Å². The molecule has 0 bridgehead atoms. The van der Waals surface area contributed by atoms with Crippen molar-refractivity contribution in [3.63, 3.8) is 0 Å².